The quantitative estimate of drug-likeness (QED) is 0.795. The number of ether oxygens (including phenoxy) is 1. The monoisotopic (exact) mass is 305 g/mol. The molecule has 2 unspecified atom stereocenters. The minimum Gasteiger partial charge on any atom is -0.385 e. The largest absolute Gasteiger partial charge is 0.416 e. The van der Waals surface area contributed by atoms with E-state index in [4.69, 9.17) is 4.74 Å². The van der Waals surface area contributed by atoms with Gasteiger partial charge in [-0.25, -0.2) is 4.98 Å². The van der Waals surface area contributed by atoms with Crippen molar-refractivity contribution >= 4 is 11.6 Å². The van der Waals surface area contributed by atoms with E-state index in [1.165, 1.54) is 7.05 Å². The fourth-order valence-electron chi connectivity index (χ4n) is 2.16. The summed E-state index contributed by atoms with van der Waals surface area (Å²) >= 11 is 0. The van der Waals surface area contributed by atoms with E-state index in [2.05, 4.69) is 15.6 Å². The molecule has 0 aromatic carbocycles. The van der Waals surface area contributed by atoms with Gasteiger partial charge >= 0.3 is 6.18 Å². The molecule has 2 heterocycles. The van der Waals surface area contributed by atoms with E-state index in [1.807, 2.05) is 0 Å². The Morgan fingerprint density at radius 3 is 2.62 bits per heavy atom. The molecule has 5 nitrogen and oxygen atoms in total. The Hall–Kier alpha value is -1.54. The minimum atomic E-state index is -4.45. The molecule has 0 saturated carbocycles. The maximum atomic E-state index is 12.8. The summed E-state index contributed by atoms with van der Waals surface area (Å²) in [6.45, 7) is 2.23. The van der Waals surface area contributed by atoms with Crippen molar-refractivity contribution in [3.8, 4) is 0 Å². The highest BCUT2D eigenvalue weighted by atomic mass is 19.4. The van der Waals surface area contributed by atoms with Crippen molar-refractivity contribution in [1.29, 1.82) is 0 Å². The van der Waals surface area contributed by atoms with Crippen LogP contribution in [0.15, 0.2) is 12.1 Å². The average Bonchev–Trinajstić information content (AvgIpc) is 2.75. The van der Waals surface area contributed by atoms with Gasteiger partial charge in [-0.3, -0.25) is 0 Å². The van der Waals surface area contributed by atoms with Gasteiger partial charge in [-0.2, -0.15) is 13.2 Å². The number of anilines is 2. The third-order valence-electron chi connectivity index (χ3n) is 3.64. The number of hydrogen-bond acceptors (Lipinski definition) is 5. The van der Waals surface area contributed by atoms with Crippen LogP contribution in [0.1, 0.15) is 18.9 Å². The maximum absolute atomic E-state index is 12.8. The Kier molecular flexibility index (Phi) is 4.29. The van der Waals surface area contributed by atoms with Crippen molar-refractivity contribution in [3.05, 3.63) is 17.7 Å². The van der Waals surface area contributed by atoms with Gasteiger partial charge in [0.25, 0.3) is 0 Å². The second kappa shape index (κ2) is 5.69. The molecule has 2 rings (SSSR count). The van der Waals surface area contributed by atoms with Gasteiger partial charge in [0.1, 0.15) is 17.2 Å². The number of alkyl halides is 3. The van der Waals surface area contributed by atoms with Gasteiger partial charge in [0, 0.05) is 26.6 Å². The number of aromatic nitrogens is 1. The number of halogens is 3. The summed E-state index contributed by atoms with van der Waals surface area (Å²) in [5.41, 5.74) is -1.90. The van der Waals surface area contributed by atoms with Crippen molar-refractivity contribution < 1.29 is 23.0 Å². The zero-order valence-electron chi connectivity index (χ0n) is 11.8. The summed E-state index contributed by atoms with van der Waals surface area (Å²) in [6, 6.07) is 1.85. The molecule has 21 heavy (non-hydrogen) atoms. The Morgan fingerprint density at radius 1 is 1.43 bits per heavy atom. The van der Waals surface area contributed by atoms with E-state index < -0.39 is 17.3 Å². The van der Waals surface area contributed by atoms with Crippen molar-refractivity contribution in [2.24, 2.45) is 0 Å². The van der Waals surface area contributed by atoms with Crippen LogP contribution in [0.2, 0.25) is 0 Å². The lowest BCUT2D eigenvalue weighted by molar-refractivity contribution is -0.137. The molecule has 0 spiro atoms. The van der Waals surface area contributed by atoms with Crippen LogP contribution in [0.25, 0.3) is 0 Å². The van der Waals surface area contributed by atoms with Crippen LogP contribution in [0.4, 0.5) is 24.8 Å². The molecule has 0 amide bonds. The smallest absolute Gasteiger partial charge is 0.385 e. The fraction of sp³-hybridized carbons (Fsp3) is 0.615. The molecule has 1 aromatic heterocycles. The zero-order chi connectivity index (χ0) is 15.7. The first-order chi connectivity index (χ1) is 9.74. The lowest BCUT2D eigenvalue weighted by Gasteiger charge is -2.26. The summed E-state index contributed by atoms with van der Waals surface area (Å²) in [5.74, 6) is 0.164. The van der Waals surface area contributed by atoms with Gasteiger partial charge in [-0.1, -0.05) is 0 Å². The summed E-state index contributed by atoms with van der Waals surface area (Å²) in [7, 11) is 1.49. The van der Waals surface area contributed by atoms with Gasteiger partial charge in [0.15, 0.2) is 0 Å². The van der Waals surface area contributed by atoms with Gasteiger partial charge in [-0.15, -0.1) is 0 Å². The fourth-order valence-corrected chi connectivity index (χ4v) is 2.16. The van der Waals surface area contributed by atoms with E-state index in [0.29, 0.717) is 13.0 Å². The number of pyridine rings is 1. The van der Waals surface area contributed by atoms with E-state index in [1.54, 1.807) is 6.92 Å². The molecular formula is C13H18F3N3O2. The molecule has 2 atom stereocenters. The van der Waals surface area contributed by atoms with Crippen molar-refractivity contribution in [2.75, 3.05) is 30.8 Å². The maximum Gasteiger partial charge on any atom is 0.416 e. The number of nitrogens with zero attached hydrogens (tertiary/aromatic N) is 1. The van der Waals surface area contributed by atoms with E-state index in [9.17, 15) is 18.3 Å². The molecule has 118 valence electrons. The number of nitrogens with one attached hydrogen (secondary N) is 2. The lowest BCUT2D eigenvalue weighted by atomic mass is 9.97. The first-order valence-corrected chi connectivity index (χ1v) is 6.59. The lowest BCUT2D eigenvalue weighted by Crippen LogP contribution is -2.43. The van der Waals surface area contributed by atoms with Crippen LogP contribution >= 0.6 is 0 Å². The van der Waals surface area contributed by atoms with Crippen LogP contribution in [0.5, 0.6) is 0 Å². The van der Waals surface area contributed by atoms with Crippen molar-refractivity contribution in [3.63, 3.8) is 0 Å². The second-order valence-corrected chi connectivity index (χ2v) is 5.09. The van der Waals surface area contributed by atoms with Crippen LogP contribution < -0.4 is 10.6 Å². The molecule has 1 aliphatic heterocycles. The van der Waals surface area contributed by atoms with Gasteiger partial charge in [0.2, 0.25) is 0 Å². The second-order valence-electron chi connectivity index (χ2n) is 5.09. The standard InChI is InChI=1S/C13H18F3N3O2/c1-8-12(20,3-4-21-8)7-18-11-6-9(13(14,15)16)5-10(17-2)19-11/h5-6,8,20H,3-4,7H2,1-2H3,(H2,17,18,19). The highest BCUT2D eigenvalue weighted by molar-refractivity contribution is 5.49. The Labute approximate surface area is 120 Å². The summed E-state index contributed by atoms with van der Waals surface area (Å²) < 4.78 is 43.7. The third kappa shape index (κ3) is 3.56. The SMILES string of the molecule is CNc1cc(C(F)(F)F)cc(NCC2(O)CCOC2C)n1. The predicted octanol–water partition coefficient (Wildman–Crippen LogP) is 2.09. The zero-order valence-corrected chi connectivity index (χ0v) is 11.8. The number of aliphatic hydroxyl groups is 1. The molecule has 0 aliphatic carbocycles. The van der Waals surface area contributed by atoms with Crippen molar-refractivity contribution in [1.82, 2.24) is 4.98 Å². The molecule has 1 fully saturated rings. The summed E-state index contributed by atoms with van der Waals surface area (Å²) in [6.07, 6.45) is -4.40. The van der Waals surface area contributed by atoms with Gasteiger partial charge in [0.05, 0.1) is 11.7 Å². The van der Waals surface area contributed by atoms with Crippen molar-refractivity contribution in [2.45, 2.75) is 31.2 Å². The molecule has 8 heteroatoms. The van der Waals surface area contributed by atoms with E-state index in [0.717, 1.165) is 12.1 Å². The highest BCUT2D eigenvalue weighted by Crippen LogP contribution is 2.32. The molecule has 0 bridgehead atoms. The van der Waals surface area contributed by atoms with Crippen LogP contribution in [0.3, 0.4) is 0 Å². The van der Waals surface area contributed by atoms with Crippen LogP contribution in [-0.4, -0.2) is 42.0 Å². The van der Waals surface area contributed by atoms with Crippen LogP contribution in [0, 0.1) is 0 Å². The molecule has 1 saturated heterocycles. The Bertz CT molecular complexity index is 510. The summed E-state index contributed by atoms with van der Waals surface area (Å²) in [5, 5.41) is 15.7. The number of rotatable bonds is 4. The van der Waals surface area contributed by atoms with E-state index >= 15 is 0 Å². The Morgan fingerprint density at radius 2 is 2.10 bits per heavy atom. The molecule has 1 aromatic rings. The first-order valence-electron chi connectivity index (χ1n) is 6.59. The Balaban J connectivity index is 2.16. The van der Waals surface area contributed by atoms with E-state index in [-0.39, 0.29) is 24.3 Å². The number of hydrogen-bond donors (Lipinski definition) is 3. The average molecular weight is 305 g/mol. The van der Waals surface area contributed by atoms with Gasteiger partial charge < -0.3 is 20.5 Å². The molecule has 1 aliphatic rings. The molecule has 0 radical (unpaired) electrons. The first kappa shape index (κ1) is 15.8. The predicted molar refractivity (Wildman–Crippen MR) is 72.3 cm³/mol. The highest BCUT2D eigenvalue weighted by Gasteiger charge is 2.39. The third-order valence-corrected chi connectivity index (χ3v) is 3.64. The normalized spacial score (nSPS) is 25.9. The molecule has 3 N–H and O–H groups in total. The van der Waals surface area contributed by atoms with Gasteiger partial charge in [-0.05, 0) is 19.1 Å². The minimum absolute atomic E-state index is 0.0571. The topological polar surface area (TPSA) is 66.4 Å². The van der Waals surface area contributed by atoms with Crippen LogP contribution in [-0.2, 0) is 10.9 Å². The summed E-state index contributed by atoms with van der Waals surface area (Å²) in [4.78, 5) is 4.01. The molecular weight excluding hydrogens is 287 g/mol.